The lowest BCUT2D eigenvalue weighted by Crippen LogP contribution is -2.28. The molecule has 9 heteroatoms. The van der Waals surface area contributed by atoms with Crippen molar-refractivity contribution in [3.63, 3.8) is 0 Å². The van der Waals surface area contributed by atoms with E-state index in [4.69, 9.17) is 14.7 Å². The van der Waals surface area contributed by atoms with Gasteiger partial charge in [-0.05, 0) is 36.1 Å². The number of nitriles is 1. The molecule has 1 aliphatic heterocycles. The molecule has 1 saturated heterocycles. The van der Waals surface area contributed by atoms with E-state index in [1.165, 1.54) is 23.3 Å². The third-order valence-corrected chi connectivity index (χ3v) is 5.30. The van der Waals surface area contributed by atoms with Gasteiger partial charge in [-0.15, -0.1) is 11.3 Å². The predicted octanol–water partition coefficient (Wildman–Crippen LogP) is 2.47. The minimum absolute atomic E-state index is 0.00105. The number of carbonyl (C=O) groups excluding carboxylic acids is 3. The number of methoxy groups -OCH3 is 1. The molecule has 8 nitrogen and oxygen atoms in total. The Hall–Kier alpha value is -3.38. The number of anilines is 2. The fourth-order valence-corrected chi connectivity index (χ4v) is 3.77. The quantitative estimate of drug-likeness (QED) is 0.729. The minimum Gasteiger partial charge on any atom is -0.495 e. The number of nitrogens with zero attached hydrogens (tertiary/aromatic N) is 2. The summed E-state index contributed by atoms with van der Waals surface area (Å²) < 4.78 is 10.4. The van der Waals surface area contributed by atoms with Gasteiger partial charge in [0.2, 0.25) is 5.91 Å². The molecule has 2 amide bonds. The molecule has 0 aliphatic carbocycles. The first kappa shape index (κ1) is 20.4. The third-order valence-electron chi connectivity index (χ3n) is 4.47. The lowest BCUT2D eigenvalue weighted by molar-refractivity contribution is -0.151. The Kier molecular flexibility index (Phi) is 6.14. The standard InChI is InChI=1S/C20H19N3O5S/c1-12-3-4-16(27-2)15(7-12)23-10-14(8-18(23)25)20(26)28-11-17(24)22-19-13(9-21)5-6-29-19/h3-7,14H,8,10-11H2,1-2H3,(H,22,24)/t14-/m1/s1. The SMILES string of the molecule is COc1ccc(C)cc1N1C[C@H](C(=O)OCC(=O)Nc2sccc2C#N)CC1=O. The van der Waals surface area contributed by atoms with E-state index in [9.17, 15) is 14.4 Å². The van der Waals surface area contributed by atoms with Crippen molar-refractivity contribution in [2.75, 3.05) is 30.5 Å². The summed E-state index contributed by atoms with van der Waals surface area (Å²) >= 11 is 1.21. The topological polar surface area (TPSA) is 109 Å². The fourth-order valence-electron chi connectivity index (χ4n) is 3.02. The van der Waals surface area contributed by atoms with E-state index >= 15 is 0 Å². The second-order valence-electron chi connectivity index (χ2n) is 6.51. The van der Waals surface area contributed by atoms with Gasteiger partial charge < -0.3 is 19.7 Å². The Labute approximate surface area is 171 Å². The van der Waals surface area contributed by atoms with Crippen molar-refractivity contribution >= 4 is 39.8 Å². The lowest BCUT2D eigenvalue weighted by atomic mass is 10.1. The summed E-state index contributed by atoms with van der Waals surface area (Å²) in [5, 5.41) is 13.6. The second-order valence-corrected chi connectivity index (χ2v) is 7.43. The van der Waals surface area contributed by atoms with E-state index in [0.29, 0.717) is 22.0 Å². The Balaban J connectivity index is 1.59. The van der Waals surface area contributed by atoms with Crippen LogP contribution in [0.5, 0.6) is 5.75 Å². The van der Waals surface area contributed by atoms with Gasteiger partial charge in [0.05, 0.1) is 24.3 Å². The normalized spacial score (nSPS) is 15.7. The summed E-state index contributed by atoms with van der Waals surface area (Å²) in [6.45, 7) is 1.57. The van der Waals surface area contributed by atoms with Crippen LogP contribution >= 0.6 is 11.3 Å². The van der Waals surface area contributed by atoms with Gasteiger partial charge in [0.1, 0.15) is 16.8 Å². The van der Waals surface area contributed by atoms with E-state index < -0.39 is 24.4 Å². The van der Waals surface area contributed by atoms with Crippen LogP contribution in [-0.4, -0.2) is 38.0 Å². The predicted molar refractivity (Wildman–Crippen MR) is 107 cm³/mol. The van der Waals surface area contributed by atoms with Gasteiger partial charge in [0.15, 0.2) is 6.61 Å². The van der Waals surface area contributed by atoms with Gasteiger partial charge in [0, 0.05) is 13.0 Å². The Morgan fingerprint density at radius 2 is 2.17 bits per heavy atom. The van der Waals surface area contributed by atoms with E-state index in [1.54, 1.807) is 17.5 Å². The number of ether oxygens (including phenoxy) is 2. The summed E-state index contributed by atoms with van der Waals surface area (Å²) in [6, 6.07) is 9.02. The molecule has 0 bridgehead atoms. The summed E-state index contributed by atoms with van der Waals surface area (Å²) in [7, 11) is 1.52. The van der Waals surface area contributed by atoms with Gasteiger partial charge in [0.25, 0.3) is 5.91 Å². The van der Waals surface area contributed by atoms with Gasteiger partial charge in [-0.25, -0.2) is 0 Å². The van der Waals surface area contributed by atoms with Crippen molar-refractivity contribution < 1.29 is 23.9 Å². The minimum atomic E-state index is -0.670. The number of aryl methyl sites for hydroxylation is 1. The van der Waals surface area contributed by atoms with Crippen LogP contribution in [0.4, 0.5) is 10.7 Å². The molecule has 0 radical (unpaired) electrons. The van der Waals surface area contributed by atoms with E-state index in [0.717, 1.165) is 5.56 Å². The van der Waals surface area contributed by atoms with Crippen LogP contribution in [0.25, 0.3) is 0 Å². The molecule has 150 valence electrons. The lowest BCUT2D eigenvalue weighted by Gasteiger charge is -2.20. The number of benzene rings is 1. The van der Waals surface area contributed by atoms with Crippen molar-refractivity contribution in [3.8, 4) is 11.8 Å². The number of rotatable bonds is 6. The number of hydrogen-bond donors (Lipinski definition) is 1. The molecule has 3 rings (SSSR count). The average Bonchev–Trinajstić information content (AvgIpc) is 3.32. The van der Waals surface area contributed by atoms with Gasteiger partial charge in [-0.2, -0.15) is 5.26 Å². The van der Waals surface area contributed by atoms with Crippen LogP contribution in [-0.2, 0) is 19.1 Å². The molecule has 1 fully saturated rings. The first-order valence-corrected chi connectivity index (χ1v) is 9.70. The Morgan fingerprint density at radius 1 is 1.38 bits per heavy atom. The van der Waals surface area contributed by atoms with Gasteiger partial charge in [-0.1, -0.05) is 6.07 Å². The molecule has 2 heterocycles. The van der Waals surface area contributed by atoms with Crippen LogP contribution in [0, 0.1) is 24.2 Å². The maximum atomic E-state index is 12.4. The first-order chi connectivity index (χ1) is 13.9. The zero-order chi connectivity index (χ0) is 21.0. The number of esters is 1. The number of nitrogens with one attached hydrogen (secondary N) is 1. The van der Waals surface area contributed by atoms with Crippen molar-refractivity contribution in [2.24, 2.45) is 5.92 Å². The van der Waals surface area contributed by atoms with Crippen LogP contribution in [0.1, 0.15) is 17.5 Å². The zero-order valence-corrected chi connectivity index (χ0v) is 16.7. The molecular formula is C20H19N3O5S. The first-order valence-electron chi connectivity index (χ1n) is 8.82. The van der Waals surface area contributed by atoms with Crippen molar-refractivity contribution in [1.29, 1.82) is 5.26 Å². The largest absolute Gasteiger partial charge is 0.495 e. The van der Waals surface area contributed by atoms with Crippen LogP contribution in [0.2, 0.25) is 0 Å². The van der Waals surface area contributed by atoms with E-state index in [1.807, 2.05) is 25.1 Å². The molecule has 1 aliphatic rings. The number of amides is 2. The summed E-state index contributed by atoms with van der Waals surface area (Å²) in [5.74, 6) is -1.50. The molecule has 1 N–H and O–H groups in total. The van der Waals surface area contributed by atoms with Crippen LogP contribution < -0.4 is 15.0 Å². The molecule has 1 atom stereocenters. The summed E-state index contributed by atoms with van der Waals surface area (Å²) in [6.07, 6.45) is 0.00105. The molecule has 0 unspecified atom stereocenters. The number of carbonyl (C=O) groups is 3. The molecular weight excluding hydrogens is 394 g/mol. The highest BCUT2D eigenvalue weighted by Crippen LogP contribution is 2.34. The summed E-state index contributed by atoms with van der Waals surface area (Å²) in [4.78, 5) is 38.3. The van der Waals surface area contributed by atoms with Gasteiger partial charge >= 0.3 is 5.97 Å². The Morgan fingerprint density at radius 3 is 2.90 bits per heavy atom. The molecule has 1 aromatic heterocycles. The van der Waals surface area contributed by atoms with E-state index in [-0.39, 0.29) is 18.9 Å². The number of thiophene rings is 1. The fraction of sp³-hybridized carbons (Fsp3) is 0.300. The van der Waals surface area contributed by atoms with Crippen LogP contribution in [0.3, 0.4) is 0 Å². The maximum Gasteiger partial charge on any atom is 0.311 e. The average molecular weight is 413 g/mol. The number of hydrogen-bond acceptors (Lipinski definition) is 7. The monoisotopic (exact) mass is 413 g/mol. The molecule has 0 saturated carbocycles. The third kappa shape index (κ3) is 4.55. The zero-order valence-electron chi connectivity index (χ0n) is 15.9. The van der Waals surface area contributed by atoms with Crippen molar-refractivity contribution in [2.45, 2.75) is 13.3 Å². The molecule has 1 aromatic carbocycles. The molecule has 29 heavy (non-hydrogen) atoms. The van der Waals surface area contributed by atoms with Crippen molar-refractivity contribution in [3.05, 3.63) is 40.8 Å². The van der Waals surface area contributed by atoms with Crippen LogP contribution in [0.15, 0.2) is 29.6 Å². The summed E-state index contributed by atoms with van der Waals surface area (Å²) in [5.41, 5.74) is 1.91. The maximum absolute atomic E-state index is 12.4. The smallest absolute Gasteiger partial charge is 0.311 e. The van der Waals surface area contributed by atoms with Gasteiger partial charge in [-0.3, -0.25) is 14.4 Å². The highest BCUT2D eigenvalue weighted by molar-refractivity contribution is 7.14. The highest BCUT2D eigenvalue weighted by Gasteiger charge is 2.37. The van der Waals surface area contributed by atoms with E-state index in [2.05, 4.69) is 5.32 Å². The Bertz CT molecular complexity index is 994. The molecule has 0 spiro atoms. The highest BCUT2D eigenvalue weighted by atomic mass is 32.1. The molecule has 2 aromatic rings. The second kappa shape index (κ2) is 8.75. The van der Waals surface area contributed by atoms with Crippen molar-refractivity contribution in [1.82, 2.24) is 0 Å².